The van der Waals surface area contributed by atoms with Crippen molar-refractivity contribution in [2.24, 2.45) is 0 Å². The number of benzene rings is 2. The Bertz CT molecular complexity index is 1140. The molecule has 0 atom stereocenters. The van der Waals surface area contributed by atoms with Crippen molar-refractivity contribution in [3.63, 3.8) is 0 Å². The Labute approximate surface area is 172 Å². The molecule has 0 saturated heterocycles. The van der Waals surface area contributed by atoms with Gasteiger partial charge in [-0.3, -0.25) is 4.79 Å². The van der Waals surface area contributed by atoms with E-state index in [1.165, 1.54) is 0 Å². The molecule has 6 heteroatoms. The Balaban J connectivity index is 1.90. The molecule has 0 radical (unpaired) electrons. The molecule has 1 aliphatic rings. The van der Waals surface area contributed by atoms with Gasteiger partial charge in [0.25, 0.3) is 5.56 Å². The molecule has 1 heterocycles. The monoisotopic (exact) mass is 411 g/mol. The van der Waals surface area contributed by atoms with E-state index >= 15 is 0 Å². The van der Waals surface area contributed by atoms with Gasteiger partial charge in [-0.2, -0.15) is 13.2 Å². The lowest BCUT2D eigenvalue weighted by Crippen LogP contribution is -2.29. The van der Waals surface area contributed by atoms with Crippen LogP contribution in [0.4, 0.5) is 13.2 Å². The molecule has 154 valence electrons. The van der Waals surface area contributed by atoms with Crippen LogP contribution >= 0.6 is 0 Å². The van der Waals surface area contributed by atoms with E-state index in [9.17, 15) is 18.0 Å². The van der Waals surface area contributed by atoms with Gasteiger partial charge < -0.3 is 9.30 Å². The summed E-state index contributed by atoms with van der Waals surface area (Å²) in [6.07, 6.45) is -3.38. The first-order chi connectivity index (χ1) is 14.4. The Kier molecular flexibility index (Phi) is 5.24. The molecule has 0 aliphatic heterocycles. The summed E-state index contributed by atoms with van der Waals surface area (Å²) in [5, 5.41) is 0. The third-order valence-corrected chi connectivity index (χ3v) is 5.34. The minimum atomic E-state index is -4.39. The first kappa shape index (κ1) is 20.0. The van der Waals surface area contributed by atoms with Gasteiger partial charge >= 0.3 is 6.18 Å². The Morgan fingerprint density at radius 3 is 2.33 bits per heavy atom. The standard InChI is InChI=1S/C24H20F3NO2/c1-30-20-10-7-17(8-11-20)22-14-18-13-19(24(25,26)27)9-12-21(18)23(29)28(22)15-16-5-3-2-4-6-16/h2-8,10-11,13-14H,9,12,15H2,1H3. The molecular weight excluding hydrogens is 391 g/mol. The summed E-state index contributed by atoms with van der Waals surface area (Å²) in [5.74, 6) is 0.660. The summed E-state index contributed by atoms with van der Waals surface area (Å²) in [7, 11) is 1.56. The lowest BCUT2D eigenvalue weighted by molar-refractivity contribution is -0.0931. The first-order valence-corrected chi connectivity index (χ1v) is 9.59. The minimum Gasteiger partial charge on any atom is -0.497 e. The second-order valence-corrected chi connectivity index (χ2v) is 7.24. The third-order valence-electron chi connectivity index (χ3n) is 5.34. The number of ether oxygens (including phenoxy) is 1. The fourth-order valence-electron chi connectivity index (χ4n) is 3.76. The molecule has 1 aromatic heterocycles. The van der Waals surface area contributed by atoms with Crippen LogP contribution in [0.3, 0.4) is 0 Å². The van der Waals surface area contributed by atoms with E-state index in [2.05, 4.69) is 0 Å². The fraction of sp³-hybridized carbons (Fsp3) is 0.208. The molecule has 0 spiro atoms. The fourth-order valence-corrected chi connectivity index (χ4v) is 3.76. The number of aromatic nitrogens is 1. The number of halogens is 3. The highest BCUT2D eigenvalue weighted by molar-refractivity contribution is 5.69. The van der Waals surface area contributed by atoms with E-state index in [-0.39, 0.29) is 18.4 Å². The smallest absolute Gasteiger partial charge is 0.412 e. The normalized spacial score (nSPS) is 13.5. The topological polar surface area (TPSA) is 31.2 Å². The number of allylic oxidation sites excluding steroid dienone is 1. The summed E-state index contributed by atoms with van der Waals surface area (Å²) in [6.45, 7) is 0.337. The van der Waals surface area contributed by atoms with Crippen LogP contribution in [0.1, 0.15) is 23.1 Å². The van der Waals surface area contributed by atoms with Crippen LogP contribution < -0.4 is 10.3 Å². The van der Waals surface area contributed by atoms with Gasteiger partial charge in [-0.15, -0.1) is 0 Å². The van der Waals surface area contributed by atoms with Crippen molar-refractivity contribution in [2.45, 2.75) is 25.6 Å². The van der Waals surface area contributed by atoms with Gasteiger partial charge in [-0.25, -0.2) is 0 Å². The number of rotatable bonds is 4. The number of fused-ring (bicyclic) bond motifs is 1. The zero-order chi connectivity index (χ0) is 21.3. The first-order valence-electron chi connectivity index (χ1n) is 9.59. The van der Waals surface area contributed by atoms with Crippen LogP contribution in [0.5, 0.6) is 5.75 Å². The maximum atomic E-state index is 13.3. The average molecular weight is 411 g/mol. The molecule has 30 heavy (non-hydrogen) atoms. The molecule has 1 aliphatic carbocycles. The number of hydrogen-bond donors (Lipinski definition) is 0. The van der Waals surface area contributed by atoms with Crippen LogP contribution in [0, 0.1) is 0 Å². The number of methoxy groups -OCH3 is 1. The van der Waals surface area contributed by atoms with Crippen LogP contribution in [0.2, 0.25) is 0 Å². The molecule has 0 amide bonds. The van der Waals surface area contributed by atoms with Crippen molar-refractivity contribution in [3.8, 4) is 17.0 Å². The molecular formula is C24H20F3NO2. The van der Waals surface area contributed by atoms with Crippen molar-refractivity contribution in [3.05, 3.63) is 93.3 Å². The number of pyridine rings is 1. The van der Waals surface area contributed by atoms with Crippen molar-refractivity contribution in [1.29, 1.82) is 0 Å². The molecule has 0 N–H and O–H groups in total. The van der Waals surface area contributed by atoms with Gasteiger partial charge in [0, 0.05) is 11.1 Å². The van der Waals surface area contributed by atoms with E-state index < -0.39 is 11.7 Å². The number of nitrogens with zero attached hydrogens (tertiary/aromatic N) is 1. The van der Waals surface area contributed by atoms with Gasteiger partial charge in [0.05, 0.1) is 19.3 Å². The lowest BCUT2D eigenvalue weighted by Gasteiger charge is -2.22. The van der Waals surface area contributed by atoms with Gasteiger partial charge in [0.1, 0.15) is 5.75 Å². The van der Waals surface area contributed by atoms with E-state index in [1.54, 1.807) is 42.0 Å². The van der Waals surface area contributed by atoms with Gasteiger partial charge in [0.2, 0.25) is 0 Å². The zero-order valence-corrected chi connectivity index (χ0v) is 16.4. The van der Waals surface area contributed by atoms with Gasteiger partial charge in [-0.05, 0) is 65.9 Å². The summed E-state index contributed by atoms with van der Waals surface area (Å²) in [5.41, 5.74) is 2.17. The molecule has 0 fully saturated rings. The van der Waals surface area contributed by atoms with E-state index in [0.717, 1.165) is 17.2 Å². The highest BCUT2D eigenvalue weighted by Crippen LogP contribution is 2.35. The molecule has 0 bridgehead atoms. The lowest BCUT2D eigenvalue weighted by atomic mass is 9.91. The summed E-state index contributed by atoms with van der Waals surface area (Å²) >= 11 is 0. The van der Waals surface area contributed by atoms with Gasteiger partial charge in [0.15, 0.2) is 0 Å². The van der Waals surface area contributed by atoms with Crippen molar-refractivity contribution >= 4 is 6.08 Å². The molecule has 3 nitrogen and oxygen atoms in total. The van der Waals surface area contributed by atoms with Crippen molar-refractivity contribution in [1.82, 2.24) is 4.57 Å². The Morgan fingerprint density at radius 2 is 1.70 bits per heavy atom. The largest absolute Gasteiger partial charge is 0.497 e. The predicted molar refractivity (Wildman–Crippen MR) is 111 cm³/mol. The van der Waals surface area contributed by atoms with Crippen molar-refractivity contribution in [2.75, 3.05) is 7.11 Å². The quantitative estimate of drug-likeness (QED) is 0.571. The Morgan fingerprint density at radius 1 is 1.00 bits per heavy atom. The third kappa shape index (κ3) is 3.90. The van der Waals surface area contributed by atoms with Crippen LogP contribution in [-0.2, 0) is 13.0 Å². The van der Waals surface area contributed by atoms with E-state index in [4.69, 9.17) is 4.74 Å². The summed E-state index contributed by atoms with van der Waals surface area (Å²) < 4.78 is 46.6. The SMILES string of the molecule is COc1ccc(-c2cc3c(c(=O)n2Cc2ccccc2)CCC(C(F)(F)F)=C3)cc1. The predicted octanol–water partition coefficient (Wildman–Crippen LogP) is 5.46. The highest BCUT2D eigenvalue weighted by atomic mass is 19.4. The number of alkyl halides is 3. The maximum Gasteiger partial charge on any atom is 0.412 e. The molecule has 0 unspecified atom stereocenters. The molecule has 4 rings (SSSR count). The highest BCUT2D eigenvalue weighted by Gasteiger charge is 2.35. The summed E-state index contributed by atoms with van der Waals surface area (Å²) in [6, 6.07) is 18.4. The minimum absolute atomic E-state index is 0.0805. The second-order valence-electron chi connectivity index (χ2n) is 7.24. The molecule has 2 aromatic carbocycles. The van der Waals surface area contributed by atoms with Crippen molar-refractivity contribution < 1.29 is 17.9 Å². The van der Waals surface area contributed by atoms with Crippen LogP contribution in [0.25, 0.3) is 17.3 Å². The maximum absolute atomic E-state index is 13.3. The zero-order valence-electron chi connectivity index (χ0n) is 16.4. The van der Waals surface area contributed by atoms with E-state index in [0.29, 0.717) is 29.1 Å². The summed E-state index contributed by atoms with van der Waals surface area (Å²) in [4.78, 5) is 13.3. The van der Waals surface area contributed by atoms with Crippen LogP contribution in [-0.4, -0.2) is 17.9 Å². The second kappa shape index (κ2) is 7.86. The number of hydrogen-bond acceptors (Lipinski definition) is 2. The average Bonchev–Trinajstić information content (AvgIpc) is 2.75. The Hall–Kier alpha value is -3.28. The molecule has 3 aromatic rings. The van der Waals surface area contributed by atoms with Crippen LogP contribution in [0.15, 0.2) is 71.0 Å². The van der Waals surface area contributed by atoms with Gasteiger partial charge in [-0.1, -0.05) is 30.3 Å². The van der Waals surface area contributed by atoms with E-state index in [1.807, 2.05) is 30.3 Å². The molecule has 0 saturated carbocycles.